The molecule has 0 fully saturated rings. The van der Waals surface area contributed by atoms with Crippen LogP contribution in [0.5, 0.6) is 0 Å². The molecule has 1 aromatic heterocycles. The van der Waals surface area contributed by atoms with Gasteiger partial charge in [-0.15, -0.1) is 0 Å². The van der Waals surface area contributed by atoms with Crippen molar-refractivity contribution < 1.29 is 14.5 Å². The third-order valence-electron chi connectivity index (χ3n) is 2.94. The SMILES string of the molecule is CCOC(=O)/C(=C\n1cc([N+](=O)[O-])nc1C)c1ccccc1. The van der Waals surface area contributed by atoms with Gasteiger partial charge in [-0.1, -0.05) is 30.3 Å². The molecule has 0 atom stereocenters. The van der Waals surface area contributed by atoms with Gasteiger partial charge in [-0.25, -0.2) is 4.79 Å². The van der Waals surface area contributed by atoms with Crippen molar-refractivity contribution in [3.05, 3.63) is 58.0 Å². The average molecular weight is 301 g/mol. The van der Waals surface area contributed by atoms with Gasteiger partial charge in [0.15, 0.2) is 0 Å². The largest absolute Gasteiger partial charge is 0.462 e. The van der Waals surface area contributed by atoms with Gasteiger partial charge in [0.1, 0.15) is 6.20 Å². The molecule has 0 aliphatic rings. The fourth-order valence-corrected chi connectivity index (χ4v) is 1.90. The molecule has 7 heteroatoms. The molecule has 0 radical (unpaired) electrons. The molecule has 2 rings (SSSR count). The number of aryl methyl sites for hydroxylation is 1. The second-order valence-corrected chi connectivity index (χ2v) is 4.44. The van der Waals surface area contributed by atoms with E-state index in [9.17, 15) is 14.9 Å². The van der Waals surface area contributed by atoms with Gasteiger partial charge in [-0.05, 0) is 22.4 Å². The number of ether oxygens (including phenoxy) is 1. The third-order valence-corrected chi connectivity index (χ3v) is 2.94. The fraction of sp³-hybridized carbons (Fsp3) is 0.200. The predicted molar refractivity (Wildman–Crippen MR) is 80.9 cm³/mol. The first-order valence-corrected chi connectivity index (χ1v) is 6.67. The van der Waals surface area contributed by atoms with E-state index in [0.29, 0.717) is 17.0 Å². The zero-order chi connectivity index (χ0) is 16.1. The average Bonchev–Trinajstić information content (AvgIpc) is 2.87. The van der Waals surface area contributed by atoms with Gasteiger partial charge in [0.25, 0.3) is 0 Å². The van der Waals surface area contributed by atoms with E-state index < -0.39 is 10.9 Å². The lowest BCUT2D eigenvalue weighted by Crippen LogP contribution is -2.08. The Morgan fingerprint density at radius 3 is 2.64 bits per heavy atom. The van der Waals surface area contributed by atoms with Gasteiger partial charge in [0, 0.05) is 13.1 Å². The molecular weight excluding hydrogens is 286 g/mol. The van der Waals surface area contributed by atoms with Gasteiger partial charge in [-0.3, -0.25) is 4.57 Å². The number of aromatic nitrogens is 2. The zero-order valence-corrected chi connectivity index (χ0v) is 12.2. The summed E-state index contributed by atoms with van der Waals surface area (Å²) < 4.78 is 6.49. The number of rotatable bonds is 5. The number of hydrogen-bond acceptors (Lipinski definition) is 5. The van der Waals surface area contributed by atoms with Crippen LogP contribution >= 0.6 is 0 Å². The van der Waals surface area contributed by atoms with E-state index in [2.05, 4.69) is 4.98 Å². The number of imidazole rings is 1. The maximum absolute atomic E-state index is 12.1. The number of nitro groups is 1. The van der Waals surface area contributed by atoms with E-state index in [1.807, 2.05) is 6.07 Å². The normalized spacial score (nSPS) is 11.3. The Balaban J connectivity index is 2.49. The van der Waals surface area contributed by atoms with E-state index in [0.717, 1.165) is 0 Å². The number of hydrogen-bond donors (Lipinski definition) is 0. The smallest absolute Gasteiger partial charge is 0.382 e. The van der Waals surface area contributed by atoms with Crippen molar-refractivity contribution >= 4 is 23.6 Å². The second kappa shape index (κ2) is 6.66. The Kier molecular flexibility index (Phi) is 4.67. The minimum Gasteiger partial charge on any atom is -0.462 e. The van der Waals surface area contributed by atoms with Crippen LogP contribution in [0, 0.1) is 17.0 Å². The molecule has 0 saturated carbocycles. The Labute approximate surface area is 127 Å². The topological polar surface area (TPSA) is 87.3 Å². The van der Waals surface area contributed by atoms with Crippen LogP contribution in [-0.4, -0.2) is 27.1 Å². The fourth-order valence-electron chi connectivity index (χ4n) is 1.90. The highest BCUT2D eigenvalue weighted by molar-refractivity contribution is 6.20. The van der Waals surface area contributed by atoms with Crippen LogP contribution in [0.25, 0.3) is 11.8 Å². The summed E-state index contributed by atoms with van der Waals surface area (Å²) in [5.41, 5.74) is 0.967. The maximum Gasteiger partial charge on any atom is 0.382 e. The summed E-state index contributed by atoms with van der Waals surface area (Å²) in [7, 11) is 0. The van der Waals surface area contributed by atoms with Crippen molar-refractivity contribution in [1.29, 1.82) is 0 Å². The first kappa shape index (κ1) is 15.4. The molecule has 0 aliphatic carbocycles. The van der Waals surface area contributed by atoms with Crippen LogP contribution in [0.2, 0.25) is 0 Å². The van der Waals surface area contributed by atoms with Gasteiger partial charge >= 0.3 is 11.8 Å². The van der Waals surface area contributed by atoms with Crippen molar-refractivity contribution in [2.45, 2.75) is 13.8 Å². The standard InChI is InChI=1S/C15H15N3O4/c1-3-22-15(19)13(12-7-5-4-6-8-12)9-17-10-14(18(20)21)16-11(17)2/h4-10H,3H2,1-2H3/b13-9-. The number of carbonyl (C=O) groups is 1. The lowest BCUT2D eigenvalue weighted by molar-refractivity contribution is -0.389. The van der Waals surface area contributed by atoms with Crippen LogP contribution in [0.15, 0.2) is 36.5 Å². The molecule has 0 saturated heterocycles. The first-order valence-electron chi connectivity index (χ1n) is 6.67. The number of benzene rings is 1. The summed E-state index contributed by atoms with van der Waals surface area (Å²) in [6.45, 7) is 3.58. The summed E-state index contributed by atoms with van der Waals surface area (Å²) in [5, 5.41) is 10.8. The summed E-state index contributed by atoms with van der Waals surface area (Å²) in [5.74, 6) is -0.362. The molecule has 22 heavy (non-hydrogen) atoms. The maximum atomic E-state index is 12.1. The highest BCUT2D eigenvalue weighted by Crippen LogP contribution is 2.19. The summed E-state index contributed by atoms with van der Waals surface area (Å²) >= 11 is 0. The first-order chi connectivity index (χ1) is 10.5. The number of carbonyl (C=O) groups excluding carboxylic acids is 1. The van der Waals surface area contributed by atoms with E-state index in [1.165, 1.54) is 17.0 Å². The monoisotopic (exact) mass is 301 g/mol. The minimum absolute atomic E-state index is 0.242. The lowest BCUT2D eigenvalue weighted by Gasteiger charge is -2.07. The molecule has 7 nitrogen and oxygen atoms in total. The zero-order valence-electron chi connectivity index (χ0n) is 12.2. The van der Waals surface area contributed by atoms with E-state index in [-0.39, 0.29) is 12.4 Å². The van der Waals surface area contributed by atoms with Crippen LogP contribution in [0.3, 0.4) is 0 Å². The van der Waals surface area contributed by atoms with Crippen LogP contribution in [0.4, 0.5) is 5.82 Å². The van der Waals surface area contributed by atoms with Crippen LogP contribution in [-0.2, 0) is 9.53 Å². The summed E-state index contributed by atoms with van der Waals surface area (Å²) in [4.78, 5) is 26.2. The molecule has 0 aliphatic heterocycles. The summed E-state index contributed by atoms with van der Waals surface area (Å²) in [6.07, 6.45) is 2.75. The van der Waals surface area contributed by atoms with Crippen molar-refractivity contribution in [3.8, 4) is 0 Å². The van der Waals surface area contributed by atoms with Crippen LogP contribution in [0.1, 0.15) is 18.3 Å². The molecule has 1 heterocycles. The molecule has 0 N–H and O–H groups in total. The van der Waals surface area contributed by atoms with Crippen molar-refractivity contribution in [2.75, 3.05) is 6.61 Å². The Bertz CT molecular complexity index is 720. The van der Waals surface area contributed by atoms with Gasteiger partial charge in [0.05, 0.1) is 12.2 Å². The molecule has 0 bridgehead atoms. The molecule has 2 aromatic rings. The van der Waals surface area contributed by atoms with Crippen molar-refractivity contribution in [2.24, 2.45) is 0 Å². The molecular formula is C15H15N3O4. The van der Waals surface area contributed by atoms with E-state index in [1.54, 1.807) is 38.1 Å². The summed E-state index contributed by atoms with van der Waals surface area (Å²) in [6, 6.07) is 8.96. The molecule has 114 valence electrons. The van der Waals surface area contributed by atoms with E-state index in [4.69, 9.17) is 4.74 Å². The van der Waals surface area contributed by atoms with Crippen molar-refractivity contribution in [3.63, 3.8) is 0 Å². The Morgan fingerprint density at radius 1 is 1.41 bits per heavy atom. The molecule has 0 amide bonds. The van der Waals surface area contributed by atoms with Crippen LogP contribution < -0.4 is 0 Å². The minimum atomic E-state index is -0.579. The Morgan fingerprint density at radius 2 is 2.09 bits per heavy atom. The molecule has 0 spiro atoms. The van der Waals surface area contributed by atoms with E-state index >= 15 is 0 Å². The highest BCUT2D eigenvalue weighted by atomic mass is 16.6. The van der Waals surface area contributed by atoms with Crippen molar-refractivity contribution in [1.82, 2.24) is 9.55 Å². The predicted octanol–water partition coefficient (Wildman–Crippen LogP) is 2.66. The number of esters is 1. The Hall–Kier alpha value is -2.96. The third kappa shape index (κ3) is 3.38. The molecule has 0 unspecified atom stereocenters. The number of nitrogens with zero attached hydrogens (tertiary/aromatic N) is 3. The van der Waals surface area contributed by atoms with Gasteiger partial charge in [0.2, 0.25) is 5.82 Å². The van der Waals surface area contributed by atoms with Gasteiger partial charge in [-0.2, -0.15) is 0 Å². The highest BCUT2D eigenvalue weighted by Gasteiger charge is 2.18. The van der Waals surface area contributed by atoms with Gasteiger partial charge < -0.3 is 14.9 Å². The lowest BCUT2D eigenvalue weighted by atomic mass is 10.1. The second-order valence-electron chi connectivity index (χ2n) is 4.44. The molecule has 1 aromatic carbocycles. The quantitative estimate of drug-likeness (QED) is 0.367.